The number of amides is 1. The van der Waals surface area contributed by atoms with Crippen LogP contribution in [0.5, 0.6) is 0 Å². The van der Waals surface area contributed by atoms with Crippen LogP contribution >= 0.6 is 0 Å². The van der Waals surface area contributed by atoms with E-state index in [1.807, 2.05) is 19.9 Å². The first-order valence-electron chi connectivity index (χ1n) is 7.64. The molecule has 1 heterocycles. The van der Waals surface area contributed by atoms with Gasteiger partial charge in [0.1, 0.15) is 12.6 Å². The summed E-state index contributed by atoms with van der Waals surface area (Å²) in [5, 5.41) is 12.8. The van der Waals surface area contributed by atoms with Gasteiger partial charge in [-0.15, -0.1) is 0 Å². The van der Waals surface area contributed by atoms with E-state index >= 15 is 0 Å². The normalized spacial score (nSPS) is 13.9. The second kappa shape index (κ2) is 8.87. The van der Waals surface area contributed by atoms with Crippen LogP contribution in [0.3, 0.4) is 0 Å². The predicted molar refractivity (Wildman–Crippen MR) is 91.7 cm³/mol. The van der Waals surface area contributed by atoms with Crippen LogP contribution in [0, 0.1) is 17.2 Å². The van der Waals surface area contributed by atoms with Gasteiger partial charge in [-0.05, 0) is 25.3 Å². The Kier molecular flexibility index (Phi) is 7.18. The molecule has 0 saturated heterocycles. The number of nitriles is 1. The van der Waals surface area contributed by atoms with E-state index in [0.717, 1.165) is 10.9 Å². The molecule has 25 heavy (non-hydrogen) atoms. The molecule has 0 spiro atoms. The number of nitrogens with two attached hydrogens (primary N) is 1. The Balaban J connectivity index is 3.27. The maximum atomic E-state index is 12.6. The summed E-state index contributed by atoms with van der Waals surface area (Å²) >= 11 is 0. The molecule has 0 bridgehead atoms. The first kappa shape index (κ1) is 20.2. The Morgan fingerprint density at radius 1 is 1.48 bits per heavy atom. The van der Waals surface area contributed by atoms with Crippen LogP contribution in [0.1, 0.15) is 33.3 Å². The Labute approximate surface area is 145 Å². The summed E-state index contributed by atoms with van der Waals surface area (Å²) in [6.45, 7) is 6.38. The fraction of sp³-hybridized carbons (Fsp3) is 0.412. The van der Waals surface area contributed by atoms with Crippen molar-refractivity contribution in [1.29, 1.82) is 5.26 Å². The third kappa shape index (κ3) is 5.35. The van der Waals surface area contributed by atoms with E-state index in [2.05, 4.69) is 10.1 Å². The summed E-state index contributed by atoms with van der Waals surface area (Å²) in [5.41, 5.74) is 7.25. The molecule has 0 fully saturated rings. The summed E-state index contributed by atoms with van der Waals surface area (Å²) in [4.78, 5) is 16.5. The number of alkyl halides is 2. The van der Waals surface area contributed by atoms with Crippen molar-refractivity contribution < 1.29 is 13.6 Å². The summed E-state index contributed by atoms with van der Waals surface area (Å²) in [7, 11) is 0. The molecular formula is C17H21F2N5O. The zero-order valence-corrected chi connectivity index (χ0v) is 14.6. The van der Waals surface area contributed by atoms with Crippen molar-refractivity contribution in [2.45, 2.75) is 40.7 Å². The van der Waals surface area contributed by atoms with Gasteiger partial charge in [-0.2, -0.15) is 10.4 Å². The van der Waals surface area contributed by atoms with Crippen molar-refractivity contribution in [3.63, 3.8) is 0 Å². The lowest BCUT2D eigenvalue weighted by atomic mass is 9.94. The monoisotopic (exact) mass is 349 g/mol. The third-order valence-corrected chi connectivity index (χ3v) is 3.55. The molecular weight excluding hydrogens is 328 g/mol. The van der Waals surface area contributed by atoms with Gasteiger partial charge in [0.05, 0.1) is 17.5 Å². The average molecular weight is 349 g/mol. The van der Waals surface area contributed by atoms with E-state index in [-0.39, 0.29) is 17.2 Å². The summed E-state index contributed by atoms with van der Waals surface area (Å²) in [5.74, 6) is -0.656. The smallest absolute Gasteiger partial charge is 0.273 e. The van der Waals surface area contributed by atoms with Crippen molar-refractivity contribution in [3.05, 3.63) is 35.3 Å². The molecule has 0 saturated carbocycles. The lowest BCUT2D eigenvalue weighted by Crippen LogP contribution is -2.11. The molecule has 134 valence electrons. The summed E-state index contributed by atoms with van der Waals surface area (Å²) in [6, 6.07) is 1.86. The van der Waals surface area contributed by atoms with Gasteiger partial charge in [0.2, 0.25) is 0 Å². The van der Waals surface area contributed by atoms with E-state index in [4.69, 9.17) is 11.0 Å². The molecule has 0 aliphatic heterocycles. The lowest BCUT2D eigenvalue weighted by Gasteiger charge is -2.12. The maximum absolute atomic E-state index is 12.6. The number of hydrogen-bond donors (Lipinski definition) is 1. The largest absolute Gasteiger partial charge is 0.403 e. The lowest BCUT2D eigenvalue weighted by molar-refractivity contribution is -0.114. The SMILES string of the molecule is CC(=NC(=O)C(=C(C)c1cnn(CC(F)F)c1)C(C)C)C(C#N)=CN. The number of carbonyl (C=O) groups is 1. The second-order valence-electron chi connectivity index (χ2n) is 5.73. The first-order valence-corrected chi connectivity index (χ1v) is 7.64. The van der Waals surface area contributed by atoms with Crippen molar-refractivity contribution in [1.82, 2.24) is 9.78 Å². The molecule has 1 aromatic heterocycles. The van der Waals surface area contributed by atoms with E-state index in [1.165, 1.54) is 19.3 Å². The molecule has 2 N–H and O–H groups in total. The van der Waals surface area contributed by atoms with Gasteiger partial charge in [0.25, 0.3) is 12.3 Å². The predicted octanol–water partition coefficient (Wildman–Crippen LogP) is 2.93. The molecule has 0 unspecified atom stereocenters. The van der Waals surface area contributed by atoms with Crippen LogP contribution in [0.2, 0.25) is 0 Å². The standard InChI is InChI=1S/C17H21F2N5O/c1-10(2)16(17(25)23-12(4)13(5-20)6-21)11(3)14-7-22-24(8-14)9-15(18)19/h5,7-8,10,15H,9,20H2,1-4H3. The van der Waals surface area contributed by atoms with Crippen LogP contribution in [0.15, 0.2) is 34.7 Å². The van der Waals surface area contributed by atoms with Crippen molar-refractivity contribution in [3.8, 4) is 6.07 Å². The van der Waals surface area contributed by atoms with Crippen molar-refractivity contribution >= 4 is 17.2 Å². The van der Waals surface area contributed by atoms with Crippen LogP contribution < -0.4 is 5.73 Å². The molecule has 6 nitrogen and oxygen atoms in total. The Hall–Kier alpha value is -2.82. The van der Waals surface area contributed by atoms with Crippen molar-refractivity contribution in [2.75, 3.05) is 0 Å². The number of allylic oxidation sites excluding steroid dienone is 2. The highest BCUT2D eigenvalue weighted by Crippen LogP contribution is 2.25. The van der Waals surface area contributed by atoms with E-state index in [1.54, 1.807) is 6.92 Å². The van der Waals surface area contributed by atoms with Crippen LogP contribution in [-0.2, 0) is 11.3 Å². The molecule has 0 aliphatic carbocycles. The minimum Gasteiger partial charge on any atom is -0.403 e. The van der Waals surface area contributed by atoms with Crippen LogP contribution in [0.4, 0.5) is 8.78 Å². The van der Waals surface area contributed by atoms with Gasteiger partial charge in [-0.25, -0.2) is 13.8 Å². The van der Waals surface area contributed by atoms with Gasteiger partial charge in [0.15, 0.2) is 0 Å². The highest BCUT2D eigenvalue weighted by atomic mass is 19.3. The number of hydrogen-bond acceptors (Lipinski definition) is 4. The molecule has 1 amide bonds. The fourth-order valence-electron chi connectivity index (χ4n) is 2.31. The van der Waals surface area contributed by atoms with Gasteiger partial charge >= 0.3 is 0 Å². The molecule has 1 rings (SSSR count). The van der Waals surface area contributed by atoms with E-state index in [9.17, 15) is 13.6 Å². The summed E-state index contributed by atoms with van der Waals surface area (Å²) in [6.07, 6.45) is 1.48. The highest BCUT2D eigenvalue weighted by Gasteiger charge is 2.19. The third-order valence-electron chi connectivity index (χ3n) is 3.55. The van der Waals surface area contributed by atoms with Gasteiger partial charge in [-0.1, -0.05) is 13.8 Å². The fourth-order valence-corrected chi connectivity index (χ4v) is 2.31. The Bertz CT molecular complexity index is 766. The zero-order valence-electron chi connectivity index (χ0n) is 14.6. The Morgan fingerprint density at radius 3 is 2.60 bits per heavy atom. The zero-order chi connectivity index (χ0) is 19.1. The minimum absolute atomic E-state index is 0.110. The number of aliphatic imine (C=N–C) groups is 1. The number of aromatic nitrogens is 2. The maximum Gasteiger partial charge on any atom is 0.273 e. The second-order valence-corrected chi connectivity index (χ2v) is 5.73. The molecule has 1 aromatic rings. The van der Waals surface area contributed by atoms with Gasteiger partial charge in [-0.3, -0.25) is 9.48 Å². The molecule has 8 heteroatoms. The number of nitrogens with zero attached hydrogens (tertiary/aromatic N) is 4. The van der Waals surface area contributed by atoms with Gasteiger partial charge in [0, 0.05) is 23.5 Å². The Morgan fingerprint density at radius 2 is 2.12 bits per heavy atom. The number of rotatable bonds is 6. The molecule has 0 atom stereocenters. The summed E-state index contributed by atoms with van der Waals surface area (Å²) < 4.78 is 26.0. The highest BCUT2D eigenvalue weighted by molar-refractivity contribution is 6.12. The van der Waals surface area contributed by atoms with Crippen LogP contribution in [-0.4, -0.2) is 27.8 Å². The molecule has 0 radical (unpaired) electrons. The van der Waals surface area contributed by atoms with Crippen molar-refractivity contribution in [2.24, 2.45) is 16.6 Å². The number of carbonyl (C=O) groups excluding carboxylic acids is 1. The van der Waals surface area contributed by atoms with E-state index < -0.39 is 18.9 Å². The number of halogens is 2. The van der Waals surface area contributed by atoms with Gasteiger partial charge < -0.3 is 5.73 Å². The average Bonchev–Trinajstić information content (AvgIpc) is 2.95. The van der Waals surface area contributed by atoms with E-state index in [0.29, 0.717) is 16.7 Å². The first-order chi connectivity index (χ1) is 11.7. The topological polar surface area (TPSA) is 97.1 Å². The van der Waals surface area contributed by atoms with Crippen LogP contribution in [0.25, 0.3) is 5.57 Å². The molecule has 0 aliphatic rings. The quantitative estimate of drug-likeness (QED) is 0.485. The minimum atomic E-state index is -2.51. The molecule has 0 aromatic carbocycles.